The molecule has 4 rings (SSSR count). The Hall–Kier alpha value is -2.57. The molecule has 0 aromatic heterocycles. The van der Waals surface area contributed by atoms with Gasteiger partial charge in [-0.3, -0.25) is 4.79 Å². The van der Waals surface area contributed by atoms with Gasteiger partial charge in [0.15, 0.2) is 0 Å². The number of aliphatic carboxylic acids is 1. The normalized spacial score (nSPS) is 25.0. The van der Waals surface area contributed by atoms with E-state index in [-0.39, 0.29) is 6.10 Å². The van der Waals surface area contributed by atoms with Crippen LogP contribution in [0.25, 0.3) is 0 Å². The van der Waals surface area contributed by atoms with Crippen LogP contribution in [0.5, 0.6) is 11.5 Å². The number of hydrogen-bond donors (Lipinski definition) is 3. The molecule has 1 saturated carbocycles. The number of carbonyl (C=O) groups is 1. The van der Waals surface area contributed by atoms with Crippen LogP contribution in [0.3, 0.4) is 0 Å². The Morgan fingerprint density at radius 1 is 1.12 bits per heavy atom. The Bertz CT molecular complexity index is 939. The molecule has 33 heavy (non-hydrogen) atoms. The Kier molecular flexibility index (Phi) is 7.89. The fourth-order valence-electron chi connectivity index (χ4n) is 5.40. The number of rotatable bonds is 9. The van der Waals surface area contributed by atoms with Gasteiger partial charge >= 0.3 is 5.97 Å². The van der Waals surface area contributed by atoms with Crippen LogP contribution in [0, 0.1) is 5.92 Å². The maximum Gasteiger partial charge on any atom is 0.320 e. The summed E-state index contributed by atoms with van der Waals surface area (Å²) in [4.78, 5) is 11.2. The van der Waals surface area contributed by atoms with Gasteiger partial charge in [0.1, 0.15) is 23.6 Å². The lowest BCUT2D eigenvalue weighted by Crippen LogP contribution is -2.30. The van der Waals surface area contributed by atoms with Crippen LogP contribution in [0.4, 0.5) is 0 Å². The lowest BCUT2D eigenvalue weighted by molar-refractivity contribution is -0.139. The van der Waals surface area contributed by atoms with Gasteiger partial charge in [-0.15, -0.1) is 0 Å². The van der Waals surface area contributed by atoms with Crippen LogP contribution in [0.1, 0.15) is 54.7 Å². The Labute approximate surface area is 196 Å². The molecule has 2 atom stereocenters. The number of carboxylic acids is 1. The lowest BCUT2D eigenvalue weighted by atomic mass is 9.75. The standard InChI is InChI=1S/C27H36N2O4/c1-28-16-21-5-3-4-6-25(21)20-9-7-18(8-10-20)11-19-12-22(32-2)14-23(13-19)33-24-15-26(27(30)31)29-17-24/h3-6,12-14,18,20,24,26,28-29H,7-11,15-17H2,1-2H3,(H,30,31)/t18?,20?,24-,26-/m0/s1. The van der Waals surface area contributed by atoms with Crippen LogP contribution in [0.2, 0.25) is 0 Å². The SMILES string of the molecule is CNCc1ccccc1C1CCC(Cc2cc(OC)cc(O[C@@H]3CN[C@H](C(=O)O)C3)c2)CC1. The second-order valence-electron chi connectivity index (χ2n) is 9.44. The summed E-state index contributed by atoms with van der Waals surface area (Å²) in [6.07, 6.45) is 6.24. The average molecular weight is 453 g/mol. The van der Waals surface area contributed by atoms with Crippen molar-refractivity contribution in [3.63, 3.8) is 0 Å². The Morgan fingerprint density at radius 2 is 1.88 bits per heavy atom. The smallest absolute Gasteiger partial charge is 0.320 e. The van der Waals surface area contributed by atoms with Crippen LogP contribution < -0.4 is 20.1 Å². The van der Waals surface area contributed by atoms with Gasteiger partial charge < -0.3 is 25.2 Å². The van der Waals surface area contributed by atoms with Crippen molar-refractivity contribution in [3.8, 4) is 11.5 Å². The maximum absolute atomic E-state index is 11.2. The highest BCUT2D eigenvalue weighted by atomic mass is 16.5. The predicted molar refractivity (Wildman–Crippen MR) is 129 cm³/mol. The van der Waals surface area contributed by atoms with Crippen LogP contribution in [-0.2, 0) is 17.8 Å². The van der Waals surface area contributed by atoms with Crippen molar-refractivity contribution in [2.24, 2.45) is 5.92 Å². The van der Waals surface area contributed by atoms with Crippen molar-refractivity contribution >= 4 is 5.97 Å². The molecule has 2 aromatic rings. The molecule has 0 unspecified atom stereocenters. The maximum atomic E-state index is 11.2. The number of hydrogen-bond acceptors (Lipinski definition) is 5. The lowest BCUT2D eigenvalue weighted by Gasteiger charge is -2.30. The third kappa shape index (κ3) is 6.06. The summed E-state index contributed by atoms with van der Waals surface area (Å²) < 4.78 is 11.7. The first-order valence-electron chi connectivity index (χ1n) is 12.1. The van der Waals surface area contributed by atoms with Crippen LogP contribution in [-0.4, -0.2) is 43.9 Å². The van der Waals surface area contributed by atoms with E-state index < -0.39 is 12.0 Å². The molecule has 1 aliphatic heterocycles. The van der Waals surface area contributed by atoms with Crippen molar-refractivity contribution in [2.45, 2.75) is 63.1 Å². The van der Waals surface area contributed by atoms with Gasteiger partial charge in [0, 0.05) is 25.6 Å². The molecular weight excluding hydrogens is 416 g/mol. The number of carboxylic acid groups (broad SMARTS) is 1. The number of methoxy groups -OCH3 is 1. The monoisotopic (exact) mass is 452 g/mol. The fraction of sp³-hybridized carbons (Fsp3) is 0.519. The highest BCUT2D eigenvalue weighted by Gasteiger charge is 2.30. The van der Waals surface area contributed by atoms with Gasteiger partial charge in [0.05, 0.1) is 7.11 Å². The van der Waals surface area contributed by atoms with Crippen LogP contribution in [0.15, 0.2) is 42.5 Å². The van der Waals surface area contributed by atoms with E-state index >= 15 is 0 Å². The molecular formula is C27H36N2O4. The first-order chi connectivity index (χ1) is 16.1. The number of nitrogens with one attached hydrogen (secondary N) is 2. The summed E-state index contributed by atoms with van der Waals surface area (Å²) in [5.41, 5.74) is 4.15. The topological polar surface area (TPSA) is 79.8 Å². The zero-order valence-corrected chi connectivity index (χ0v) is 19.7. The summed E-state index contributed by atoms with van der Waals surface area (Å²) in [6, 6.07) is 14.4. The molecule has 0 bridgehead atoms. The van der Waals surface area contributed by atoms with Gasteiger partial charge in [0.2, 0.25) is 0 Å². The van der Waals surface area contributed by atoms with E-state index in [1.807, 2.05) is 13.1 Å². The first kappa shape index (κ1) is 23.6. The van der Waals surface area contributed by atoms with Gasteiger partial charge in [-0.05, 0) is 79.8 Å². The van der Waals surface area contributed by atoms with Crippen molar-refractivity contribution in [2.75, 3.05) is 20.7 Å². The minimum atomic E-state index is -0.823. The minimum absolute atomic E-state index is 0.140. The number of benzene rings is 2. The minimum Gasteiger partial charge on any atom is -0.497 e. The van der Waals surface area contributed by atoms with E-state index in [9.17, 15) is 9.90 Å². The van der Waals surface area contributed by atoms with Gasteiger partial charge in [0.25, 0.3) is 0 Å². The highest BCUT2D eigenvalue weighted by Crippen LogP contribution is 2.39. The zero-order chi connectivity index (χ0) is 23.2. The molecule has 0 spiro atoms. The van der Waals surface area contributed by atoms with Crippen molar-refractivity contribution in [1.82, 2.24) is 10.6 Å². The Balaban J connectivity index is 1.36. The second kappa shape index (κ2) is 11.0. The van der Waals surface area contributed by atoms with E-state index in [0.717, 1.165) is 24.5 Å². The van der Waals surface area contributed by atoms with Gasteiger partial charge in [-0.2, -0.15) is 0 Å². The molecule has 1 heterocycles. The van der Waals surface area contributed by atoms with E-state index in [2.05, 4.69) is 47.0 Å². The molecule has 2 aliphatic rings. The quantitative estimate of drug-likeness (QED) is 0.531. The molecule has 1 saturated heterocycles. The van der Waals surface area contributed by atoms with E-state index in [4.69, 9.17) is 9.47 Å². The number of ether oxygens (including phenoxy) is 2. The summed E-state index contributed by atoms with van der Waals surface area (Å²) in [5.74, 6) is 2.03. The molecule has 6 nitrogen and oxygen atoms in total. The molecule has 0 radical (unpaired) electrons. The van der Waals surface area contributed by atoms with Gasteiger partial charge in [-0.25, -0.2) is 0 Å². The molecule has 178 valence electrons. The summed E-state index contributed by atoms with van der Waals surface area (Å²) in [6.45, 7) is 1.47. The first-order valence-corrected chi connectivity index (χ1v) is 12.1. The third-order valence-corrected chi connectivity index (χ3v) is 7.10. The molecule has 2 aromatic carbocycles. The van der Waals surface area contributed by atoms with Crippen molar-refractivity contribution in [3.05, 3.63) is 59.2 Å². The van der Waals surface area contributed by atoms with Gasteiger partial charge in [-0.1, -0.05) is 24.3 Å². The molecule has 3 N–H and O–H groups in total. The second-order valence-corrected chi connectivity index (χ2v) is 9.44. The Morgan fingerprint density at radius 3 is 2.58 bits per heavy atom. The zero-order valence-electron chi connectivity index (χ0n) is 19.7. The molecule has 1 aliphatic carbocycles. The third-order valence-electron chi connectivity index (χ3n) is 7.10. The van der Waals surface area contributed by atoms with E-state index in [1.165, 1.54) is 42.4 Å². The van der Waals surface area contributed by atoms with Crippen LogP contribution >= 0.6 is 0 Å². The van der Waals surface area contributed by atoms with Crippen molar-refractivity contribution < 1.29 is 19.4 Å². The summed E-state index contributed by atoms with van der Waals surface area (Å²) >= 11 is 0. The molecule has 2 fully saturated rings. The molecule has 6 heteroatoms. The summed E-state index contributed by atoms with van der Waals surface area (Å²) in [5, 5.41) is 15.5. The largest absolute Gasteiger partial charge is 0.497 e. The molecule has 0 amide bonds. The average Bonchev–Trinajstić information content (AvgIpc) is 3.29. The fourth-order valence-corrected chi connectivity index (χ4v) is 5.40. The predicted octanol–water partition coefficient (Wildman–Crippen LogP) is 4.13. The van der Waals surface area contributed by atoms with E-state index in [1.54, 1.807) is 7.11 Å². The van der Waals surface area contributed by atoms with E-state index in [0.29, 0.717) is 24.8 Å². The highest BCUT2D eigenvalue weighted by molar-refractivity contribution is 5.73. The van der Waals surface area contributed by atoms with Crippen molar-refractivity contribution in [1.29, 1.82) is 0 Å². The summed E-state index contributed by atoms with van der Waals surface area (Å²) in [7, 11) is 3.68.